The summed E-state index contributed by atoms with van der Waals surface area (Å²) in [7, 11) is 1.82. The molecule has 0 aliphatic heterocycles. The van der Waals surface area contributed by atoms with Gasteiger partial charge in [0, 0.05) is 25.2 Å². The number of anilines is 1. The Kier molecular flexibility index (Phi) is 5.35. The smallest absolute Gasteiger partial charge is 0.228 e. The van der Waals surface area contributed by atoms with Crippen LogP contribution in [0.1, 0.15) is 37.3 Å². The first-order valence-electron chi connectivity index (χ1n) is 6.55. The SMILES string of the molecule is CCCC(N)CC(=O)N(C)c1ccc(C)cc1C. The first-order chi connectivity index (χ1) is 8.45. The van der Waals surface area contributed by atoms with Crippen molar-refractivity contribution in [1.82, 2.24) is 0 Å². The van der Waals surface area contributed by atoms with E-state index < -0.39 is 0 Å². The predicted octanol–water partition coefficient (Wildman–Crippen LogP) is 2.78. The number of hydrogen-bond acceptors (Lipinski definition) is 2. The zero-order valence-electron chi connectivity index (χ0n) is 11.9. The molecule has 1 atom stereocenters. The largest absolute Gasteiger partial charge is 0.327 e. The standard InChI is InChI=1S/C15H24N2O/c1-5-6-13(16)10-15(18)17(4)14-8-7-11(2)9-12(14)3/h7-9,13H,5-6,10,16H2,1-4H3. The second-order valence-corrected chi connectivity index (χ2v) is 5.00. The van der Waals surface area contributed by atoms with Gasteiger partial charge < -0.3 is 10.6 Å². The van der Waals surface area contributed by atoms with Gasteiger partial charge in [-0.1, -0.05) is 31.0 Å². The first kappa shape index (κ1) is 14.7. The summed E-state index contributed by atoms with van der Waals surface area (Å²) in [6.07, 6.45) is 2.33. The van der Waals surface area contributed by atoms with E-state index in [2.05, 4.69) is 19.9 Å². The minimum absolute atomic E-state index is 0.0318. The van der Waals surface area contributed by atoms with Crippen molar-refractivity contribution in [2.24, 2.45) is 5.73 Å². The highest BCUT2D eigenvalue weighted by molar-refractivity contribution is 5.93. The normalized spacial score (nSPS) is 12.3. The van der Waals surface area contributed by atoms with Crippen LogP contribution in [-0.2, 0) is 4.79 Å². The van der Waals surface area contributed by atoms with Crippen LogP contribution in [0.2, 0.25) is 0 Å². The molecule has 1 rings (SSSR count). The third kappa shape index (κ3) is 3.84. The molecule has 0 radical (unpaired) electrons. The lowest BCUT2D eigenvalue weighted by Crippen LogP contribution is -2.33. The number of rotatable bonds is 5. The van der Waals surface area contributed by atoms with E-state index in [1.54, 1.807) is 4.90 Å². The van der Waals surface area contributed by atoms with Crippen molar-refractivity contribution in [3.05, 3.63) is 29.3 Å². The van der Waals surface area contributed by atoms with Crippen LogP contribution in [0, 0.1) is 13.8 Å². The maximum Gasteiger partial charge on any atom is 0.228 e. The summed E-state index contributed by atoms with van der Waals surface area (Å²) < 4.78 is 0. The number of nitrogens with zero attached hydrogens (tertiary/aromatic N) is 1. The van der Waals surface area contributed by atoms with E-state index in [4.69, 9.17) is 5.73 Å². The van der Waals surface area contributed by atoms with Gasteiger partial charge in [-0.25, -0.2) is 0 Å². The molecule has 0 aromatic heterocycles. The highest BCUT2D eigenvalue weighted by atomic mass is 16.2. The summed E-state index contributed by atoms with van der Waals surface area (Å²) in [5.74, 6) is 0.0860. The summed E-state index contributed by atoms with van der Waals surface area (Å²) in [6, 6.07) is 6.08. The van der Waals surface area contributed by atoms with Crippen LogP contribution in [0.5, 0.6) is 0 Å². The van der Waals surface area contributed by atoms with Gasteiger partial charge in [0.15, 0.2) is 0 Å². The average molecular weight is 248 g/mol. The monoisotopic (exact) mass is 248 g/mol. The van der Waals surface area contributed by atoms with Gasteiger partial charge >= 0.3 is 0 Å². The second-order valence-electron chi connectivity index (χ2n) is 5.00. The summed E-state index contributed by atoms with van der Waals surface area (Å²) in [5.41, 5.74) is 9.21. The van der Waals surface area contributed by atoms with Crippen molar-refractivity contribution >= 4 is 11.6 Å². The number of carbonyl (C=O) groups excluding carboxylic acids is 1. The van der Waals surface area contributed by atoms with E-state index in [9.17, 15) is 4.79 Å². The minimum atomic E-state index is -0.0318. The van der Waals surface area contributed by atoms with Crippen LogP contribution in [0.3, 0.4) is 0 Å². The zero-order valence-corrected chi connectivity index (χ0v) is 11.9. The average Bonchev–Trinajstić information content (AvgIpc) is 2.28. The van der Waals surface area contributed by atoms with Crippen molar-refractivity contribution in [1.29, 1.82) is 0 Å². The third-order valence-corrected chi connectivity index (χ3v) is 3.18. The number of aryl methyl sites for hydroxylation is 2. The lowest BCUT2D eigenvalue weighted by Gasteiger charge is -2.21. The quantitative estimate of drug-likeness (QED) is 0.871. The van der Waals surface area contributed by atoms with Gasteiger partial charge in [0.25, 0.3) is 0 Å². The Bertz CT molecular complexity index is 415. The fourth-order valence-corrected chi connectivity index (χ4v) is 2.15. The maximum atomic E-state index is 12.1. The van der Waals surface area contributed by atoms with E-state index in [-0.39, 0.29) is 11.9 Å². The zero-order chi connectivity index (χ0) is 13.7. The van der Waals surface area contributed by atoms with Gasteiger partial charge in [0.05, 0.1) is 0 Å². The van der Waals surface area contributed by atoms with Gasteiger partial charge in [0.2, 0.25) is 5.91 Å². The van der Waals surface area contributed by atoms with E-state index in [1.807, 2.05) is 26.1 Å². The highest BCUT2D eigenvalue weighted by Gasteiger charge is 2.15. The lowest BCUT2D eigenvalue weighted by molar-refractivity contribution is -0.118. The Balaban J connectivity index is 2.74. The topological polar surface area (TPSA) is 46.3 Å². The molecule has 0 heterocycles. The highest BCUT2D eigenvalue weighted by Crippen LogP contribution is 2.20. The van der Waals surface area contributed by atoms with Crippen molar-refractivity contribution in [2.75, 3.05) is 11.9 Å². The molecule has 3 nitrogen and oxygen atoms in total. The van der Waals surface area contributed by atoms with Crippen molar-refractivity contribution in [3.8, 4) is 0 Å². The molecular weight excluding hydrogens is 224 g/mol. The minimum Gasteiger partial charge on any atom is -0.327 e. The van der Waals surface area contributed by atoms with Crippen LogP contribution in [-0.4, -0.2) is 19.0 Å². The molecule has 1 aromatic carbocycles. The lowest BCUT2D eigenvalue weighted by atomic mass is 10.1. The fraction of sp³-hybridized carbons (Fsp3) is 0.533. The van der Waals surface area contributed by atoms with Gasteiger partial charge in [0.1, 0.15) is 0 Å². The Morgan fingerprint density at radius 3 is 2.61 bits per heavy atom. The first-order valence-corrected chi connectivity index (χ1v) is 6.55. The molecule has 1 unspecified atom stereocenters. The van der Waals surface area contributed by atoms with Crippen LogP contribution in [0.25, 0.3) is 0 Å². The summed E-state index contributed by atoms with van der Waals surface area (Å²) in [5, 5.41) is 0. The number of benzene rings is 1. The Labute approximate surface area is 110 Å². The number of carbonyl (C=O) groups is 1. The van der Waals surface area contributed by atoms with E-state index in [0.717, 1.165) is 24.1 Å². The molecule has 0 saturated heterocycles. The van der Waals surface area contributed by atoms with Crippen molar-refractivity contribution < 1.29 is 4.79 Å². The van der Waals surface area contributed by atoms with E-state index in [1.165, 1.54) is 5.56 Å². The van der Waals surface area contributed by atoms with E-state index >= 15 is 0 Å². The Morgan fingerprint density at radius 1 is 1.39 bits per heavy atom. The Hall–Kier alpha value is -1.35. The van der Waals surface area contributed by atoms with Crippen LogP contribution in [0.4, 0.5) is 5.69 Å². The summed E-state index contributed by atoms with van der Waals surface area (Å²) in [6.45, 7) is 6.16. The Morgan fingerprint density at radius 2 is 2.06 bits per heavy atom. The summed E-state index contributed by atoms with van der Waals surface area (Å²) in [4.78, 5) is 13.8. The second kappa shape index (κ2) is 6.55. The molecule has 0 fully saturated rings. The molecule has 1 amide bonds. The number of hydrogen-bond donors (Lipinski definition) is 1. The van der Waals surface area contributed by atoms with Gasteiger partial charge in [-0.2, -0.15) is 0 Å². The molecule has 100 valence electrons. The molecule has 0 bridgehead atoms. The van der Waals surface area contributed by atoms with Crippen molar-refractivity contribution in [3.63, 3.8) is 0 Å². The molecule has 18 heavy (non-hydrogen) atoms. The molecule has 1 aromatic rings. The van der Waals surface area contributed by atoms with Crippen LogP contribution >= 0.6 is 0 Å². The predicted molar refractivity (Wildman–Crippen MR) is 76.8 cm³/mol. The van der Waals surface area contributed by atoms with Crippen molar-refractivity contribution in [2.45, 2.75) is 46.1 Å². The molecule has 0 aliphatic rings. The maximum absolute atomic E-state index is 12.1. The third-order valence-electron chi connectivity index (χ3n) is 3.18. The molecule has 2 N–H and O–H groups in total. The number of nitrogens with two attached hydrogens (primary N) is 1. The molecule has 0 spiro atoms. The molecular formula is C15H24N2O. The van der Waals surface area contributed by atoms with Crippen LogP contribution in [0.15, 0.2) is 18.2 Å². The summed E-state index contributed by atoms with van der Waals surface area (Å²) >= 11 is 0. The molecule has 0 aliphatic carbocycles. The van der Waals surface area contributed by atoms with Gasteiger partial charge in [-0.3, -0.25) is 4.79 Å². The molecule has 0 saturated carbocycles. The van der Waals surface area contributed by atoms with Gasteiger partial charge in [-0.05, 0) is 31.9 Å². The fourth-order valence-electron chi connectivity index (χ4n) is 2.15. The van der Waals surface area contributed by atoms with E-state index in [0.29, 0.717) is 6.42 Å². The van der Waals surface area contributed by atoms with Crippen LogP contribution < -0.4 is 10.6 Å². The number of amides is 1. The molecule has 3 heteroatoms. The van der Waals surface area contributed by atoms with Gasteiger partial charge in [-0.15, -0.1) is 0 Å².